The van der Waals surface area contributed by atoms with Crippen LogP contribution in [0.2, 0.25) is 0 Å². The number of carboxylic acids is 1. The predicted molar refractivity (Wildman–Crippen MR) is 55.8 cm³/mol. The van der Waals surface area contributed by atoms with Crippen molar-refractivity contribution in [2.24, 2.45) is 0 Å². The molecular weight excluding hydrogens is 212 g/mol. The quantitative estimate of drug-likeness (QED) is 0.642. The van der Waals surface area contributed by atoms with Crippen LogP contribution >= 0.6 is 0 Å². The summed E-state index contributed by atoms with van der Waals surface area (Å²) in [7, 11) is 0. The van der Waals surface area contributed by atoms with E-state index >= 15 is 0 Å². The highest BCUT2D eigenvalue weighted by molar-refractivity contribution is 5.94. The molecule has 0 aromatic carbocycles. The van der Waals surface area contributed by atoms with Crippen molar-refractivity contribution in [1.29, 1.82) is 0 Å². The Morgan fingerprint density at radius 2 is 1.88 bits per heavy atom. The second-order valence-electron chi connectivity index (χ2n) is 4.31. The van der Waals surface area contributed by atoms with Gasteiger partial charge < -0.3 is 10.4 Å². The van der Waals surface area contributed by atoms with E-state index in [1.54, 1.807) is 0 Å². The molecule has 1 aliphatic carbocycles. The van der Waals surface area contributed by atoms with Crippen molar-refractivity contribution in [3.63, 3.8) is 0 Å². The van der Waals surface area contributed by atoms with E-state index < -0.39 is 17.9 Å². The Kier molecular flexibility index (Phi) is 3.87. The highest BCUT2D eigenvalue weighted by atomic mass is 16.4. The van der Waals surface area contributed by atoms with Crippen LogP contribution in [0.1, 0.15) is 39.0 Å². The van der Waals surface area contributed by atoms with Crippen LogP contribution in [-0.2, 0) is 9.59 Å². The third-order valence-corrected chi connectivity index (χ3v) is 2.46. The molecule has 0 saturated heterocycles. The van der Waals surface area contributed by atoms with Crippen molar-refractivity contribution in [3.05, 3.63) is 0 Å². The van der Waals surface area contributed by atoms with Crippen LogP contribution in [0.3, 0.4) is 0 Å². The van der Waals surface area contributed by atoms with Gasteiger partial charge in [0.15, 0.2) is 0 Å². The van der Waals surface area contributed by atoms with Gasteiger partial charge >= 0.3 is 12.0 Å². The van der Waals surface area contributed by atoms with E-state index in [-0.39, 0.29) is 24.8 Å². The molecule has 0 aromatic heterocycles. The average Bonchev–Trinajstić information content (AvgIpc) is 2.81. The first-order chi connectivity index (χ1) is 7.41. The van der Waals surface area contributed by atoms with Crippen molar-refractivity contribution in [3.8, 4) is 0 Å². The zero-order valence-electron chi connectivity index (χ0n) is 9.21. The zero-order valence-corrected chi connectivity index (χ0v) is 9.21. The number of carbonyl (C=O) groups excluding carboxylic acids is 2. The largest absolute Gasteiger partial charge is 0.481 e. The molecule has 0 aliphatic heterocycles. The number of hydrogen-bond donors (Lipinski definition) is 3. The summed E-state index contributed by atoms with van der Waals surface area (Å²) in [6.45, 7) is 1.90. The van der Waals surface area contributed by atoms with Crippen LogP contribution in [0, 0.1) is 0 Å². The number of carboxylic acid groups (broad SMARTS) is 1. The molecule has 0 atom stereocenters. The molecule has 1 saturated carbocycles. The number of carbonyl (C=O) groups is 3. The van der Waals surface area contributed by atoms with Gasteiger partial charge in [-0.2, -0.15) is 0 Å². The number of hydrogen-bond acceptors (Lipinski definition) is 3. The molecule has 3 N–H and O–H groups in total. The van der Waals surface area contributed by atoms with Gasteiger partial charge in [0.05, 0.1) is 0 Å². The molecule has 1 aliphatic rings. The maximum absolute atomic E-state index is 11.2. The first kappa shape index (κ1) is 12.5. The van der Waals surface area contributed by atoms with Crippen LogP contribution in [-0.4, -0.2) is 28.6 Å². The number of urea groups is 1. The molecule has 3 amide bonds. The van der Waals surface area contributed by atoms with Gasteiger partial charge in [-0.1, -0.05) is 0 Å². The summed E-state index contributed by atoms with van der Waals surface area (Å²) >= 11 is 0. The molecule has 1 rings (SSSR count). The summed E-state index contributed by atoms with van der Waals surface area (Å²) in [6, 6.07) is -0.500. The highest BCUT2D eigenvalue weighted by Gasteiger charge is 2.38. The van der Waals surface area contributed by atoms with Crippen LogP contribution < -0.4 is 10.6 Å². The predicted octanol–water partition coefficient (Wildman–Crippen LogP) is 0.620. The van der Waals surface area contributed by atoms with Crippen LogP contribution in [0.15, 0.2) is 0 Å². The number of rotatable bonds is 5. The topological polar surface area (TPSA) is 95.5 Å². The molecule has 0 aromatic rings. The van der Waals surface area contributed by atoms with Crippen molar-refractivity contribution < 1.29 is 19.5 Å². The molecule has 90 valence electrons. The van der Waals surface area contributed by atoms with Gasteiger partial charge in [-0.05, 0) is 26.2 Å². The van der Waals surface area contributed by atoms with Crippen molar-refractivity contribution in [2.45, 2.75) is 44.6 Å². The average molecular weight is 228 g/mol. The van der Waals surface area contributed by atoms with Crippen molar-refractivity contribution >= 4 is 17.9 Å². The fourth-order valence-electron chi connectivity index (χ4n) is 1.21. The summed E-state index contributed by atoms with van der Waals surface area (Å²) in [5, 5.41) is 13.2. The minimum atomic E-state index is -0.942. The minimum Gasteiger partial charge on any atom is -0.481 e. The van der Waals surface area contributed by atoms with Crippen molar-refractivity contribution in [1.82, 2.24) is 10.6 Å². The van der Waals surface area contributed by atoms with Gasteiger partial charge in [-0.15, -0.1) is 0 Å². The molecule has 1 fully saturated rings. The Morgan fingerprint density at radius 3 is 2.38 bits per heavy atom. The van der Waals surface area contributed by atoms with E-state index in [1.165, 1.54) is 0 Å². The Hall–Kier alpha value is -1.59. The lowest BCUT2D eigenvalue weighted by molar-refractivity contribution is -0.137. The Labute approximate surface area is 93.4 Å². The summed E-state index contributed by atoms with van der Waals surface area (Å²) in [6.07, 6.45) is 2.08. The standard InChI is InChI=1S/C10H16N2O4/c1-10(5-6-10)12-9(16)11-7(13)3-2-4-8(14)15/h2-6H2,1H3,(H,14,15)(H2,11,12,13,16). The lowest BCUT2D eigenvalue weighted by Gasteiger charge is -2.11. The summed E-state index contributed by atoms with van der Waals surface area (Å²) < 4.78 is 0. The first-order valence-electron chi connectivity index (χ1n) is 5.25. The summed E-state index contributed by atoms with van der Waals surface area (Å²) in [5.74, 6) is -1.38. The fraction of sp³-hybridized carbons (Fsp3) is 0.700. The van der Waals surface area contributed by atoms with Crippen LogP contribution in [0.5, 0.6) is 0 Å². The molecule has 0 heterocycles. The Balaban J connectivity index is 2.13. The molecule has 6 heteroatoms. The molecule has 0 bridgehead atoms. The number of imide groups is 1. The van der Waals surface area contributed by atoms with E-state index in [0.29, 0.717) is 0 Å². The lowest BCUT2D eigenvalue weighted by Crippen LogP contribution is -2.44. The molecule has 0 spiro atoms. The van der Waals surface area contributed by atoms with E-state index in [4.69, 9.17) is 5.11 Å². The maximum Gasteiger partial charge on any atom is 0.321 e. The fourth-order valence-corrected chi connectivity index (χ4v) is 1.21. The SMILES string of the molecule is CC1(NC(=O)NC(=O)CCCC(=O)O)CC1. The highest BCUT2D eigenvalue weighted by Crippen LogP contribution is 2.33. The monoisotopic (exact) mass is 228 g/mol. The minimum absolute atomic E-state index is 0.0520. The molecular formula is C10H16N2O4. The van der Waals surface area contributed by atoms with Gasteiger partial charge in [0.2, 0.25) is 5.91 Å². The van der Waals surface area contributed by atoms with Gasteiger partial charge in [-0.3, -0.25) is 14.9 Å². The normalized spacial score (nSPS) is 16.3. The van der Waals surface area contributed by atoms with Gasteiger partial charge in [-0.25, -0.2) is 4.79 Å². The second kappa shape index (κ2) is 4.96. The van der Waals surface area contributed by atoms with E-state index in [1.807, 2.05) is 6.92 Å². The summed E-state index contributed by atoms with van der Waals surface area (Å²) in [5.41, 5.74) is -0.161. The first-order valence-corrected chi connectivity index (χ1v) is 5.25. The lowest BCUT2D eigenvalue weighted by atomic mass is 10.2. The molecule has 6 nitrogen and oxygen atoms in total. The number of nitrogens with one attached hydrogen (secondary N) is 2. The molecule has 0 radical (unpaired) electrons. The molecule has 16 heavy (non-hydrogen) atoms. The molecule has 0 unspecified atom stereocenters. The zero-order chi connectivity index (χ0) is 12.2. The van der Waals surface area contributed by atoms with E-state index in [2.05, 4.69) is 10.6 Å². The van der Waals surface area contributed by atoms with Crippen LogP contribution in [0.4, 0.5) is 4.79 Å². The van der Waals surface area contributed by atoms with Crippen molar-refractivity contribution in [2.75, 3.05) is 0 Å². The smallest absolute Gasteiger partial charge is 0.321 e. The third kappa shape index (κ3) is 4.77. The van der Waals surface area contributed by atoms with Crippen LogP contribution in [0.25, 0.3) is 0 Å². The maximum atomic E-state index is 11.2. The second-order valence-corrected chi connectivity index (χ2v) is 4.31. The Morgan fingerprint density at radius 1 is 1.25 bits per heavy atom. The van der Waals surface area contributed by atoms with Gasteiger partial charge in [0.1, 0.15) is 0 Å². The van der Waals surface area contributed by atoms with E-state index in [9.17, 15) is 14.4 Å². The van der Waals surface area contributed by atoms with Gasteiger partial charge in [0.25, 0.3) is 0 Å². The number of amides is 3. The number of aliphatic carboxylic acids is 1. The van der Waals surface area contributed by atoms with E-state index in [0.717, 1.165) is 12.8 Å². The summed E-state index contributed by atoms with van der Waals surface area (Å²) in [4.78, 5) is 32.6. The Bertz CT molecular complexity index is 310. The third-order valence-electron chi connectivity index (χ3n) is 2.46. The van der Waals surface area contributed by atoms with Gasteiger partial charge in [0, 0.05) is 18.4 Å².